The molecular formula is C15H29ClN4O2. The predicted octanol–water partition coefficient (Wildman–Crippen LogP) is 1.06. The summed E-state index contributed by atoms with van der Waals surface area (Å²) in [5.41, 5.74) is 0. The van der Waals surface area contributed by atoms with Crippen molar-refractivity contribution in [2.45, 2.75) is 32.1 Å². The number of nitrogens with zero attached hydrogens (tertiary/aromatic N) is 2. The van der Waals surface area contributed by atoms with Gasteiger partial charge in [-0.1, -0.05) is 0 Å². The summed E-state index contributed by atoms with van der Waals surface area (Å²) in [7, 11) is 1.91. The Morgan fingerprint density at radius 3 is 2.18 bits per heavy atom. The van der Waals surface area contributed by atoms with Crippen LogP contribution >= 0.6 is 12.4 Å². The Kier molecular flexibility index (Phi) is 8.56. The summed E-state index contributed by atoms with van der Waals surface area (Å²) in [5.74, 6) is 0.224. The fourth-order valence-electron chi connectivity index (χ4n) is 3.06. The van der Waals surface area contributed by atoms with E-state index in [2.05, 4.69) is 10.6 Å². The molecule has 2 heterocycles. The summed E-state index contributed by atoms with van der Waals surface area (Å²) in [5, 5.41) is 6.06. The lowest BCUT2D eigenvalue weighted by Crippen LogP contribution is -2.47. The van der Waals surface area contributed by atoms with E-state index in [0.29, 0.717) is 13.1 Å². The molecule has 0 unspecified atom stereocenters. The van der Waals surface area contributed by atoms with Gasteiger partial charge in [0.2, 0.25) is 5.91 Å². The fraction of sp³-hybridized carbons (Fsp3) is 0.867. The molecule has 3 amide bonds. The average molecular weight is 333 g/mol. The van der Waals surface area contributed by atoms with Gasteiger partial charge in [-0.05, 0) is 45.7 Å². The van der Waals surface area contributed by atoms with Crippen molar-refractivity contribution in [2.24, 2.45) is 5.92 Å². The van der Waals surface area contributed by atoms with Gasteiger partial charge in [0, 0.05) is 38.6 Å². The highest BCUT2D eigenvalue weighted by Crippen LogP contribution is 2.20. The van der Waals surface area contributed by atoms with Crippen molar-refractivity contribution in [1.82, 2.24) is 20.4 Å². The fourth-order valence-corrected chi connectivity index (χ4v) is 3.06. The van der Waals surface area contributed by atoms with Gasteiger partial charge >= 0.3 is 6.03 Å². The average Bonchev–Trinajstić information content (AvgIpc) is 3.05. The Labute approximate surface area is 139 Å². The van der Waals surface area contributed by atoms with Crippen molar-refractivity contribution >= 4 is 24.3 Å². The lowest BCUT2D eigenvalue weighted by molar-refractivity contribution is -0.126. The highest BCUT2D eigenvalue weighted by molar-refractivity contribution is 5.85. The molecule has 2 N–H and O–H groups in total. The van der Waals surface area contributed by atoms with E-state index in [1.807, 2.05) is 16.8 Å². The number of carbonyl (C=O) groups excluding carboxylic acids is 2. The van der Waals surface area contributed by atoms with Crippen LogP contribution in [-0.2, 0) is 4.79 Å². The van der Waals surface area contributed by atoms with E-state index < -0.39 is 0 Å². The molecule has 0 spiro atoms. The van der Waals surface area contributed by atoms with Crippen LogP contribution in [0, 0.1) is 5.92 Å². The second kappa shape index (κ2) is 9.90. The zero-order chi connectivity index (χ0) is 15.1. The minimum atomic E-state index is 0. The van der Waals surface area contributed by atoms with Gasteiger partial charge < -0.3 is 20.4 Å². The van der Waals surface area contributed by atoms with E-state index in [4.69, 9.17) is 0 Å². The van der Waals surface area contributed by atoms with Crippen LogP contribution in [0.3, 0.4) is 0 Å². The van der Waals surface area contributed by atoms with Gasteiger partial charge in [-0.15, -0.1) is 12.4 Å². The van der Waals surface area contributed by atoms with E-state index in [1.165, 1.54) is 0 Å². The number of amides is 3. The molecule has 0 aromatic rings. The van der Waals surface area contributed by atoms with Crippen LogP contribution in [0.4, 0.5) is 4.79 Å². The second-order valence-electron chi connectivity index (χ2n) is 5.99. The third kappa shape index (κ3) is 5.32. The maximum atomic E-state index is 12.3. The van der Waals surface area contributed by atoms with Gasteiger partial charge in [0.1, 0.15) is 0 Å². The van der Waals surface area contributed by atoms with Crippen LogP contribution in [0.25, 0.3) is 0 Å². The first-order chi connectivity index (χ1) is 10.2. The van der Waals surface area contributed by atoms with Crippen LogP contribution in [0.1, 0.15) is 32.1 Å². The van der Waals surface area contributed by atoms with Gasteiger partial charge in [0.05, 0.1) is 0 Å². The Hall–Kier alpha value is -1.01. The predicted molar refractivity (Wildman–Crippen MR) is 89.3 cm³/mol. The molecule has 128 valence electrons. The van der Waals surface area contributed by atoms with Gasteiger partial charge in [0.25, 0.3) is 0 Å². The Bertz CT molecular complexity index is 353. The van der Waals surface area contributed by atoms with Gasteiger partial charge in [-0.25, -0.2) is 4.79 Å². The summed E-state index contributed by atoms with van der Waals surface area (Å²) >= 11 is 0. The molecule has 7 heteroatoms. The SMILES string of the molecule is CNCCCNC(=O)C1CCN(C(=O)N2CCCC2)CC1.Cl. The zero-order valence-electron chi connectivity index (χ0n) is 13.5. The van der Waals surface area contributed by atoms with Crippen molar-refractivity contribution < 1.29 is 9.59 Å². The first-order valence-corrected chi connectivity index (χ1v) is 8.18. The van der Waals surface area contributed by atoms with E-state index >= 15 is 0 Å². The van der Waals surface area contributed by atoms with Crippen LogP contribution in [0.2, 0.25) is 0 Å². The standard InChI is InChI=1S/C15H28N4O2.ClH/c1-16-7-4-8-17-14(20)13-5-11-19(12-6-13)15(21)18-9-2-3-10-18;/h13,16H,2-12H2,1H3,(H,17,20);1H. The second-order valence-corrected chi connectivity index (χ2v) is 5.99. The maximum Gasteiger partial charge on any atom is 0.319 e. The smallest absolute Gasteiger partial charge is 0.319 e. The molecule has 0 atom stereocenters. The molecule has 0 saturated carbocycles. The molecule has 2 aliphatic rings. The molecule has 6 nitrogen and oxygen atoms in total. The third-order valence-electron chi connectivity index (χ3n) is 4.42. The first-order valence-electron chi connectivity index (χ1n) is 8.18. The Morgan fingerprint density at radius 1 is 1.00 bits per heavy atom. The van der Waals surface area contributed by atoms with Gasteiger partial charge in [-0.3, -0.25) is 4.79 Å². The number of likely N-dealkylation sites (tertiary alicyclic amines) is 2. The Balaban J connectivity index is 0.00000242. The van der Waals surface area contributed by atoms with Crippen molar-refractivity contribution in [1.29, 1.82) is 0 Å². The summed E-state index contributed by atoms with van der Waals surface area (Å²) in [6, 6.07) is 0.167. The van der Waals surface area contributed by atoms with Gasteiger partial charge in [-0.2, -0.15) is 0 Å². The van der Waals surface area contributed by atoms with Crippen LogP contribution in [0.5, 0.6) is 0 Å². The molecule has 22 heavy (non-hydrogen) atoms. The lowest BCUT2D eigenvalue weighted by Gasteiger charge is -2.34. The normalized spacial score (nSPS) is 19.0. The maximum absolute atomic E-state index is 12.3. The summed E-state index contributed by atoms with van der Waals surface area (Å²) < 4.78 is 0. The molecule has 0 aromatic carbocycles. The molecule has 0 aromatic heterocycles. The number of hydrogen-bond acceptors (Lipinski definition) is 3. The number of halogens is 1. The molecule has 2 aliphatic heterocycles. The summed E-state index contributed by atoms with van der Waals surface area (Å²) in [6.45, 7) is 4.86. The molecule has 2 saturated heterocycles. The van der Waals surface area contributed by atoms with Gasteiger partial charge in [0.15, 0.2) is 0 Å². The van der Waals surface area contributed by atoms with Crippen molar-refractivity contribution in [3.63, 3.8) is 0 Å². The molecule has 0 aliphatic carbocycles. The number of carbonyl (C=O) groups is 2. The van der Waals surface area contributed by atoms with Crippen molar-refractivity contribution in [2.75, 3.05) is 46.3 Å². The number of rotatable bonds is 5. The van der Waals surface area contributed by atoms with Crippen LogP contribution in [0.15, 0.2) is 0 Å². The van der Waals surface area contributed by atoms with E-state index in [0.717, 1.165) is 58.3 Å². The van der Waals surface area contributed by atoms with E-state index in [1.54, 1.807) is 0 Å². The lowest BCUT2D eigenvalue weighted by atomic mass is 9.96. The highest BCUT2D eigenvalue weighted by atomic mass is 35.5. The molecular weight excluding hydrogens is 304 g/mol. The Morgan fingerprint density at radius 2 is 1.59 bits per heavy atom. The first kappa shape index (κ1) is 19.0. The quantitative estimate of drug-likeness (QED) is 0.740. The minimum Gasteiger partial charge on any atom is -0.356 e. The van der Waals surface area contributed by atoms with E-state index in [9.17, 15) is 9.59 Å². The van der Waals surface area contributed by atoms with Crippen LogP contribution < -0.4 is 10.6 Å². The zero-order valence-corrected chi connectivity index (χ0v) is 14.3. The molecule has 2 rings (SSSR count). The molecule has 2 fully saturated rings. The number of nitrogens with one attached hydrogen (secondary N) is 2. The summed E-state index contributed by atoms with van der Waals surface area (Å²) in [6.07, 6.45) is 4.78. The van der Waals surface area contributed by atoms with Crippen molar-refractivity contribution in [3.8, 4) is 0 Å². The van der Waals surface area contributed by atoms with Crippen molar-refractivity contribution in [3.05, 3.63) is 0 Å². The molecule has 0 bridgehead atoms. The van der Waals surface area contributed by atoms with E-state index in [-0.39, 0.29) is 30.3 Å². The molecule has 0 radical (unpaired) electrons. The monoisotopic (exact) mass is 332 g/mol. The van der Waals surface area contributed by atoms with Crippen LogP contribution in [-0.4, -0.2) is 68.1 Å². The third-order valence-corrected chi connectivity index (χ3v) is 4.42. The summed E-state index contributed by atoms with van der Waals surface area (Å²) in [4.78, 5) is 28.2. The number of hydrogen-bond donors (Lipinski definition) is 2. The minimum absolute atomic E-state index is 0. The topological polar surface area (TPSA) is 64.7 Å². The number of urea groups is 1. The highest BCUT2D eigenvalue weighted by Gasteiger charge is 2.30. The largest absolute Gasteiger partial charge is 0.356 e. The number of piperidine rings is 1.